The molecule has 4 aliphatic rings. The van der Waals surface area contributed by atoms with E-state index in [0.717, 1.165) is 44.9 Å². The van der Waals surface area contributed by atoms with Crippen LogP contribution in [0, 0.1) is 0 Å². The van der Waals surface area contributed by atoms with Crippen LogP contribution in [-0.4, -0.2) is 77.9 Å². The van der Waals surface area contributed by atoms with Crippen molar-refractivity contribution in [3.8, 4) is 0 Å². The molecule has 0 aromatic rings. The van der Waals surface area contributed by atoms with E-state index in [9.17, 15) is 10.2 Å². The third kappa shape index (κ3) is 6.38. The number of hydrogen-bond donors (Lipinski definition) is 2. The highest BCUT2D eigenvalue weighted by molar-refractivity contribution is 9.09. The quantitative estimate of drug-likeness (QED) is 0.330. The van der Waals surface area contributed by atoms with Crippen LogP contribution in [0.15, 0.2) is 0 Å². The molecule has 4 heterocycles. The Balaban J connectivity index is 1.44. The zero-order chi connectivity index (χ0) is 28.4. The van der Waals surface area contributed by atoms with E-state index >= 15 is 0 Å². The summed E-state index contributed by atoms with van der Waals surface area (Å²) < 4.78 is 26.8. The number of alkyl halides is 2. The third-order valence-electron chi connectivity index (χ3n) is 10.3. The minimum Gasteiger partial charge on any atom is -0.387 e. The molecule has 0 radical (unpaired) electrons. The van der Waals surface area contributed by atoms with E-state index in [-0.39, 0.29) is 40.4 Å². The van der Waals surface area contributed by atoms with Crippen LogP contribution < -0.4 is 0 Å². The average molecular weight is 669 g/mol. The summed E-state index contributed by atoms with van der Waals surface area (Å²) in [5.41, 5.74) is -3.49. The van der Waals surface area contributed by atoms with Crippen molar-refractivity contribution in [1.82, 2.24) is 0 Å². The molecule has 0 aromatic carbocycles. The lowest BCUT2D eigenvalue weighted by atomic mass is 9.79. The summed E-state index contributed by atoms with van der Waals surface area (Å²) in [5.74, 6) is 0. The van der Waals surface area contributed by atoms with Gasteiger partial charge in [-0.25, -0.2) is 0 Å². The smallest absolute Gasteiger partial charge is 0.0921 e. The molecule has 6 nitrogen and oxygen atoms in total. The lowest BCUT2D eigenvalue weighted by Gasteiger charge is -2.49. The summed E-state index contributed by atoms with van der Waals surface area (Å²) in [6, 6.07) is 0. The molecule has 4 saturated heterocycles. The maximum Gasteiger partial charge on any atom is 0.0921 e. The summed E-state index contributed by atoms with van der Waals surface area (Å²) in [7, 11) is 0. The van der Waals surface area contributed by atoms with E-state index in [1.54, 1.807) is 0 Å². The zero-order valence-corrected chi connectivity index (χ0v) is 28.0. The van der Waals surface area contributed by atoms with Crippen LogP contribution in [0.5, 0.6) is 0 Å². The predicted molar refractivity (Wildman–Crippen MR) is 157 cm³/mol. The fourth-order valence-electron chi connectivity index (χ4n) is 7.09. The molecule has 1 unspecified atom stereocenters. The topological polar surface area (TPSA) is 77.4 Å². The van der Waals surface area contributed by atoms with E-state index in [0.29, 0.717) is 24.1 Å². The number of ether oxygens (including phenoxy) is 4. The van der Waals surface area contributed by atoms with Gasteiger partial charge in [-0.2, -0.15) is 0 Å². The van der Waals surface area contributed by atoms with Crippen molar-refractivity contribution < 1.29 is 29.2 Å². The van der Waals surface area contributed by atoms with Crippen LogP contribution in [0.3, 0.4) is 0 Å². The first-order valence-electron chi connectivity index (χ1n) is 14.7. The van der Waals surface area contributed by atoms with E-state index in [4.69, 9.17) is 18.9 Å². The van der Waals surface area contributed by atoms with Gasteiger partial charge >= 0.3 is 0 Å². The first-order chi connectivity index (χ1) is 17.3. The van der Waals surface area contributed by atoms with Crippen molar-refractivity contribution in [2.45, 2.75) is 187 Å². The Kier molecular flexibility index (Phi) is 8.97. The molecule has 0 amide bonds. The highest BCUT2D eigenvalue weighted by atomic mass is 79.9. The molecule has 2 N–H and O–H groups in total. The average Bonchev–Trinajstić information content (AvgIpc) is 3.01. The molecule has 0 saturated carbocycles. The highest BCUT2D eigenvalue weighted by Crippen LogP contribution is 2.49. The van der Waals surface area contributed by atoms with Crippen LogP contribution in [0.25, 0.3) is 0 Å². The molecule has 0 spiro atoms. The lowest BCUT2D eigenvalue weighted by molar-refractivity contribution is -0.261. The summed E-state index contributed by atoms with van der Waals surface area (Å²) >= 11 is 7.60. The van der Waals surface area contributed by atoms with Crippen LogP contribution in [0.4, 0.5) is 0 Å². The maximum absolute atomic E-state index is 11.7. The summed E-state index contributed by atoms with van der Waals surface area (Å²) in [4.78, 5) is 0.464. The van der Waals surface area contributed by atoms with Crippen molar-refractivity contribution in [3.63, 3.8) is 0 Å². The van der Waals surface area contributed by atoms with Gasteiger partial charge in [-0.1, -0.05) is 31.9 Å². The van der Waals surface area contributed by atoms with Gasteiger partial charge in [0.2, 0.25) is 0 Å². The number of halogens is 2. The summed E-state index contributed by atoms with van der Waals surface area (Å²) in [6.45, 7) is 16.6. The highest BCUT2D eigenvalue weighted by Gasteiger charge is 2.55. The largest absolute Gasteiger partial charge is 0.387 e. The van der Waals surface area contributed by atoms with Crippen molar-refractivity contribution in [2.24, 2.45) is 0 Å². The Morgan fingerprint density at radius 2 is 1.24 bits per heavy atom. The van der Waals surface area contributed by atoms with E-state index in [1.807, 2.05) is 13.8 Å². The second-order valence-electron chi connectivity index (χ2n) is 14.6. The molecule has 4 fully saturated rings. The predicted octanol–water partition coefficient (Wildman–Crippen LogP) is 6.59. The summed E-state index contributed by atoms with van der Waals surface area (Å²) in [5, 5.41) is 22.9. The molecule has 10 atom stereocenters. The van der Waals surface area contributed by atoms with Gasteiger partial charge in [0.25, 0.3) is 0 Å². The van der Waals surface area contributed by atoms with Gasteiger partial charge in [-0.15, -0.1) is 0 Å². The first-order valence-corrected chi connectivity index (χ1v) is 16.6. The molecule has 38 heavy (non-hydrogen) atoms. The van der Waals surface area contributed by atoms with Crippen LogP contribution in [0.1, 0.15) is 120 Å². The second-order valence-corrected chi connectivity index (χ2v) is 16.9. The molecule has 0 bridgehead atoms. The molecule has 4 rings (SSSR count). The minimum absolute atomic E-state index is 0.00117. The van der Waals surface area contributed by atoms with Crippen molar-refractivity contribution >= 4 is 31.9 Å². The Hall–Kier alpha value is 0.720. The molecule has 222 valence electrons. The molecule has 0 aromatic heterocycles. The van der Waals surface area contributed by atoms with E-state index < -0.39 is 22.4 Å². The zero-order valence-electron chi connectivity index (χ0n) is 24.8. The Morgan fingerprint density at radius 3 is 1.89 bits per heavy atom. The fourth-order valence-corrected chi connectivity index (χ4v) is 7.76. The Labute approximate surface area is 247 Å². The second kappa shape index (κ2) is 10.8. The van der Waals surface area contributed by atoms with Gasteiger partial charge in [0.1, 0.15) is 0 Å². The Morgan fingerprint density at radius 1 is 0.711 bits per heavy atom. The first kappa shape index (κ1) is 31.7. The van der Waals surface area contributed by atoms with Gasteiger partial charge in [0.15, 0.2) is 0 Å². The number of rotatable bonds is 4. The van der Waals surface area contributed by atoms with Crippen LogP contribution in [0.2, 0.25) is 0 Å². The van der Waals surface area contributed by atoms with E-state index in [2.05, 4.69) is 73.4 Å². The molecule has 0 aliphatic carbocycles. The summed E-state index contributed by atoms with van der Waals surface area (Å²) in [6.07, 6.45) is 7.08. The van der Waals surface area contributed by atoms with Crippen molar-refractivity contribution in [2.75, 3.05) is 0 Å². The van der Waals surface area contributed by atoms with Gasteiger partial charge in [0.05, 0.1) is 58.0 Å². The standard InChI is InChI=1S/C30H52Br2O6/c1-25(2)19(31)11-15-27(5,33)22(35-25)13-16-28(6,34)21-9-10-23-30(8,37-21)18-14-24-29(7,38-23)17-12-20(32)26(3,4)36-24/h19-24,33-34H,9-18H2,1-8H3/t19-,20+,21-,22+,23+,24+,27+,28?,29-,30-/m1/s1. The molecular weight excluding hydrogens is 616 g/mol. The molecule has 8 heteroatoms. The van der Waals surface area contributed by atoms with Gasteiger partial charge in [0, 0.05) is 9.65 Å². The minimum atomic E-state index is -1.04. The third-order valence-corrected chi connectivity index (χ3v) is 13.4. The van der Waals surface area contributed by atoms with E-state index in [1.165, 1.54) is 0 Å². The SMILES string of the molecule is CC(O)(CC[C@@H]1OC(C)(C)[C@H](Br)CC[C@]1(C)O)[C@H]1CC[C@@H]2O[C@]3(C)CC[C@H](Br)C(C)(C)O[C@H]3CC[C@@]2(C)O1. The fraction of sp³-hybridized carbons (Fsp3) is 1.00. The molecular formula is C30H52Br2O6. The molecule has 4 aliphatic heterocycles. The number of hydrogen-bond acceptors (Lipinski definition) is 6. The Bertz CT molecular complexity index is 847. The van der Waals surface area contributed by atoms with Gasteiger partial charge in [-0.3, -0.25) is 0 Å². The van der Waals surface area contributed by atoms with Gasteiger partial charge in [-0.05, 0) is 120 Å². The normalized spacial score (nSPS) is 48.9. The lowest BCUT2D eigenvalue weighted by Crippen LogP contribution is -2.57. The van der Waals surface area contributed by atoms with Crippen LogP contribution >= 0.6 is 31.9 Å². The van der Waals surface area contributed by atoms with Crippen LogP contribution in [-0.2, 0) is 18.9 Å². The monoisotopic (exact) mass is 666 g/mol. The van der Waals surface area contributed by atoms with Crippen molar-refractivity contribution in [1.29, 1.82) is 0 Å². The maximum atomic E-state index is 11.7. The number of fused-ring (bicyclic) bond motifs is 2. The number of aliphatic hydroxyl groups is 2. The van der Waals surface area contributed by atoms with Crippen molar-refractivity contribution in [3.05, 3.63) is 0 Å². The van der Waals surface area contributed by atoms with Gasteiger partial charge < -0.3 is 29.2 Å².